The number of rotatable bonds is 38. The Hall–Kier alpha value is -2.39. The molecule has 0 aromatic heterocycles. The Morgan fingerprint density at radius 3 is 1.30 bits per heavy atom. The zero-order valence-electron chi connectivity index (χ0n) is 32.7. The van der Waals surface area contributed by atoms with Crippen molar-refractivity contribution in [1.29, 1.82) is 5.41 Å². The van der Waals surface area contributed by atoms with Crippen molar-refractivity contribution < 1.29 is 14.6 Å². The molecule has 10 nitrogen and oxygen atoms in total. The Labute approximate surface area is 307 Å². The number of carbonyl (C=O) groups excluding carboxylic acids is 2. The molecule has 0 aliphatic carbocycles. The van der Waals surface area contributed by atoms with Crippen LogP contribution in [0.15, 0.2) is 0 Å². The van der Waals surface area contributed by atoms with Crippen LogP contribution >= 0.6 is 0 Å². The minimum Gasteiger partial charge on any atom is -0.354 e. The zero-order valence-corrected chi connectivity index (χ0v) is 32.7. The molecule has 0 spiro atoms. The number of unbranched alkanes of at least 4 members (excludes halogenated alkanes) is 27. The van der Waals surface area contributed by atoms with Crippen LogP contribution in [0.25, 0.3) is 0 Å². The minimum atomic E-state index is -0.792. The van der Waals surface area contributed by atoms with Crippen LogP contribution in [-0.2, 0) is 9.59 Å². The predicted octanol–water partition coefficient (Wildman–Crippen LogP) is 10.4. The molecule has 0 saturated heterocycles. The van der Waals surface area contributed by atoms with Gasteiger partial charge in [-0.15, -0.1) is 0 Å². The molecule has 0 unspecified atom stereocenters. The lowest BCUT2D eigenvalue weighted by Gasteiger charge is -2.19. The lowest BCUT2D eigenvalue weighted by Crippen LogP contribution is -2.47. The van der Waals surface area contributed by atoms with Crippen LogP contribution in [0, 0.1) is 15.5 Å². The fourth-order valence-corrected chi connectivity index (χ4v) is 6.50. The van der Waals surface area contributed by atoms with Crippen molar-refractivity contribution >= 4 is 17.8 Å². The van der Waals surface area contributed by atoms with Crippen molar-refractivity contribution in [3.8, 4) is 0 Å². The van der Waals surface area contributed by atoms with Crippen LogP contribution in [0.4, 0.5) is 0 Å². The molecule has 2 amide bonds. The van der Waals surface area contributed by atoms with Gasteiger partial charge < -0.3 is 16.0 Å². The number of hydrazine groups is 1. The molecular weight excluding hydrogens is 628 g/mol. The first-order valence-electron chi connectivity index (χ1n) is 21.2. The first-order valence-corrected chi connectivity index (χ1v) is 21.2. The summed E-state index contributed by atoms with van der Waals surface area (Å²) in [6.07, 6.45) is 38.5. The molecule has 0 rings (SSSR count). The second-order valence-electron chi connectivity index (χ2n) is 14.5. The first-order chi connectivity index (χ1) is 24.4. The number of hydrogen-bond donors (Lipinski definition) is 5. The number of amides is 2. The molecule has 1 atom stereocenters. The van der Waals surface area contributed by atoms with Crippen molar-refractivity contribution in [2.75, 3.05) is 13.1 Å². The van der Waals surface area contributed by atoms with Gasteiger partial charge in [-0.2, -0.15) is 0 Å². The maximum Gasteiger partial charge on any atom is 0.251 e. The van der Waals surface area contributed by atoms with E-state index in [1.165, 1.54) is 154 Å². The molecule has 5 N–H and O–H groups in total. The van der Waals surface area contributed by atoms with Gasteiger partial charge in [0.15, 0.2) is 5.03 Å². The molecule has 0 saturated carbocycles. The van der Waals surface area contributed by atoms with Gasteiger partial charge in [-0.3, -0.25) is 15.0 Å². The highest BCUT2D eigenvalue weighted by molar-refractivity contribution is 5.87. The predicted molar refractivity (Wildman–Crippen MR) is 210 cm³/mol. The molecule has 0 aliphatic rings. The van der Waals surface area contributed by atoms with E-state index in [4.69, 9.17) is 5.41 Å². The molecule has 0 heterocycles. The molecule has 294 valence electrons. The smallest absolute Gasteiger partial charge is 0.251 e. The van der Waals surface area contributed by atoms with Gasteiger partial charge in [-0.25, -0.2) is 10.1 Å². The van der Waals surface area contributed by atoms with Gasteiger partial charge in [-0.1, -0.05) is 193 Å². The van der Waals surface area contributed by atoms with Crippen LogP contribution in [0.3, 0.4) is 0 Å². The largest absolute Gasteiger partial charge is 0.354 e. The third-order valence-corrected chi connectivity index (χ3v) is 9.66. The highest BCUT2D eigenvalue weighted by Gasteiger charge is 2.20. The maximum atomic E-state index is 13.0. The summed E-state index contributed by atoms with van der Waals surface area (Å²) in [5, 5.41) is 25.8. The molecule has 0 aromatic rings. The molecular formula is C40H80N6O4. The second-order valence-corrected chi connectivity index (χ2v) is 14.5. The van der Waals surface area contributed by atoms with E-state index in [0.717, 1.165) is 32.1 Å². The Bertz CT molecular complexity index is 813. The molecule has 50 heavy (non-hydrogen) atoms. The monoisotopic (exact) mass is 709 g/mol. The van der Waals surface area contributed by atoms with E-state index in [2.05, 4.69) is 29.8 Å². The van der Waals surface area contributed by atoms with Gasteiger partial charge in [-0.05, 0) is 25.7 Å². The Kier molecular flexibility index (Phi) is 36.0. The van der Waals surface area contributed by atoms with Crippen LogP contribution in [-0.4, -0.2) is 41.9 Å². The number of carbonyl (C=O) groups is 2. The highest BCUT2D eigenvalue weighted by Crippen LogP contribution is 2.15. The average molecular weight is 709 g/mol. The second kappa shape index (κ2) is 37.9. The van der Waals surface area contributed by atoms with Gasteiger partial charge in [0.25, 0.3) is 5.96 Å². The summed E-state index contributed by atoms with van der Waals surface area (Å²) in [6.45, 7) is 5.40. The van der Waals surface area contributed by atoms with Crippen molar-refractivity contribution in [2.45, 2.75) is 225 Å². The number of hydrogen-bond acceptors (Lipinski definition) is 5. The van der Waals surface area contributed by atoms with Crippen LogP contribution in [0.1, 0.15) is 219 Å². The number of nitrogens with one attached hydrogen (secondary N) is 5. The van der Waals surface area contributed by atoms with Crippen molar-refractivity contribution in [1.82, 2.24) is 21.4 Å². The van der Waals surface area contributed by atoms with Gasteiger partial charge in [0.1, 0.15) is 6.04 Å². The van der Waals surface area contributed by atoms with Crippen LogP contribution in [0.5, 0.6) is 0 Å². The Balaban J connectivity index is 4.07. The summed E-state index contributed by atoms with van der Waals surface area (Å²) < 4.78 is 0. The average Bonchev–Trinajstić information content (AvgIpc) is 3.09. The first kappa shape index (κ1) is 47.6. The molecule has 0 aromatic carbocycles. The van der Waals surface area contributed by atoms with E-state index in [9.17, 15) is 19.7 Å². The van der Waals surface area contributed by atoms with Gasteiger partial charge in [0.2, 0.25) is 11.8 Å². The van der Waals surface area contributed by atoms with Crippen LogP contribution in [0.2, 0.25) is 0 Å². The highest BCUT2D eigenvalue weighted by atomic mass is 16.7. The number of guanidine groups is 1. The molecule has 0 fully saturated rings. The van der Waals surface area contributed by atoms with E-state index < -0.39 is 17.0 Å². The van der Waals surface area contributed by atoms with Gasteiger partial charge in [0, 0.05) is 19.5 Å². The molecule has 0 radical (unpaired) electrons. The van der Waals surface area contributed by atoms with Gasteiger partial charge in [0.05, 0.1) is 0 Å². The molecule has 0 aliphatic heterocycles. The van der Waals surface area contributed by atoms with Crippen molar-refractivity contribution in [2.24, 2.45) is 0 Å². The van der Waals surface area contributed by atoms with E-state index in [-0.39, 0.29) is 18.4 Å². The lowest BCUT2D eigenvalue weighted by atomic mass is 10.0. The molecule has 10 heteroatoms. The normalized spacial score (nSPS) is 11.6. The summed E-state index contributed by atoms with van der Waals surface area (Å²) in [7, 11) is 0. The van der Waals surface area contributed by atoms with E-state index in [1.54, 1.807) is 5.43 Å². The van der Waals surface area contributed by atoms with E-state index in [0.29, 0.717) is 25.8 Å². The van der Waals surface area contributed by atoms with Crippen molar-refractivity contribution in [3.63, 3.8) is 0 Å². The zero-order chi connectivity index (χ0) is 36.8. The van der Waals surface area contributed by atoms with Crippen LogP contribution < -0.4 is 21.4 Å². The summed E-state index contributed by atoms with van der Waals surface area (Å²) in [6, 6.07) is -0.648. The van der Waals surface area contributed by atoms with E-state index >= 15 is 0 Å². The number of nitrogens with zero attached hydrogens (tertiary/aromatic N) is 1. The molecule has 0 bridgehead atoms. The summed E-state index contributed by atoms with van der Waals surface area (Å²) >= 11 is 0. The quantitative estimate of drug-likeness (QED) is 0.0142. The SMILES string of the molecule is CCCCCCCCCCCCCCCCCCCCCC(=O)N[C@@H](CCCNC(=N)N[N+](=O)[O-])C(=O)NCCCCCCCCCCCC. The third kappa shape index (κ3) is 35.4. The minimum absolute atomic E-state index is 0.105. The van der Waals surface area contributed by atoms with E-state index in [1.807, 2.05) is 0 Å². The fourth-order valence-electron chi connectivity index (χ4n) is 6.50. The topological polar surface area (TPSA) is 149 Å². The summed E-state index contributed by atoms with van der Waals surface area (Å²) in [4.78, 5) is 36.2. The maximum absolute atomic E-state index is 13.0. The summed E-state index contributed by atoms with van der Waals surface area (Å²) in [5.74, 6) is -0.682. The fraction of sp³-hybridized carbons (Fsp3) is 0.925. The third-order valence-electron chi connectivity index (χ3n) is 9.66. The standard InChI is InChI=1S/C40H80N6O4/c1-3-5-7-9-11-13-15-16-17-18-19-20-21-22-23-24-26-28-30-34-38(47)44-37(33-32-36-43-40(41)45-46(49)50)39(48)42-35-31-29-27-25-14-12-10-8-6-4-2/h37H,3-36H2,1-2H3,(H,42,48)(H,44,47)(H3,41,43,45)/t37-/m0/s1. The number of nitro groups is 1. The summed E-state index contributed by atoms with van der Waals surface area (Å²) in [5.41, 5.74) is 1.76. The van der Waals surface area contributed by atoms with Gasteiger partial charge >= 0.3 is 0 Å². The van der Waals surface area contributed by atoms with Crippen molar-refractivity contribution in [3.05, 3.63) is 10.1 Å². The Morgan fingerprint density at radius 1 is 0.540 bits per heavy atom. The Morgan fingerprint density at radius 2 is 0.900 bits per heavy atom. The lowest BCUT2D eigenvalue weighted by molar-refractivity contribution is -0.525.